The monoisotopic (exact) mass is 526 g/mol. The SMILES string of the molecule is Cc1ccc(C(=O)N2CCCC23CCN(C(=O)OC(C)C(F)(F)F)CC3)c(N2CCC(C(=O)O)CC2)n1. The Hall–Kier alpha value is -3.05. The van der Waals surface area contributed by atoms with Gasteiger partial charge in [-0.25, -0.2) is 9.78 Å². The number of aromatic nitrogens is 1. The first-order valence-corrected chi connectivity index (χ1v) is 12.7. The van der Waals surface area contributed by atoms with Gasteiger partial charge in [-0.1, -0.05) is 0 Å². The van der Waals surface area contributed by atoms with Crippen LogP contribution in [0.2, 0.25) is 0 Å². The van der Waals surface area contributed by atoms with E-state index >= 15 is 0 Å². The Labute approximate surface area is 213 Å². The molecule has 4 heterocycles. The second kappa shape index (κ2) is 10.4. The lowest BCUT2D eigenvalue weighted by atomic mass is 9.84. The van der Waals surface area contributed by atoms with E-state index in [1.807, 2.05) is 16.7 Å². The lowest BCUT2D eigenvalue weighted by Gasteiger charge is -2.45. The number of carboxylic acid groups (broad SMARTS) is 1. The molecule has 1 N–H and O–H groups in total. The molecule has 0 saturated carbocycles. The van der Waals surface area contributed by atoms with Crippen molar-refractivity contribution in [1.82, 2.24) is 14.8 Å². The molecule has 12 heteroatoms. The second-order valence-electron chi connectivity index (χ2n) is 10.3. The van der Waals surface area contributed by atoms with Crippen LogP contribution >= 0.6 is 0 Å². The molecule has 4 rings (SSSR count). The molecule has 3 saturated heterocycles. The van der Waals surface area contributed by atoms with Crippen LogP contribution in [-0.2, 0) is 9.53 Å². The zero-order valence-corrected chi connectivity index (χ0v) is 21.1. The highest BCUT2D eigenvalue weighted by molar-refractivity contribution is 5.99. The maximum atomic E-state index is 13.9. The average molecular weight is 527 g/mol. The zero-order chi connectivity index (χ0) is 27.0. The summed E-state index contributed by atoms with van der Waals surface area (Å²) in [6.45, 7) is 4.58. The molecule has 1 unspecified atom stereocenters. The van der Waals surface area contributed by atoms with Crippen molar-refractivity contribution in [1.29, 1.82) is 0 Å². The fourth-order valence-electron chi connectivity index (χ4n) is 5.61. The molecule has 0 aliphatic carbocycles. The molecule has 2 amide bonds. The summed E-state index contributed by atoms with van der Waals surface area (Å²) in [5.41, 5.74) is 0.728. The van der Waals surface area contributed by atoms with E-state index in [0.29, 0.717) is 56.7 Å². The van der Waals surface area contributed by atoms with Gasteiger partial charge in [0.15, 0.2) is 6.10 Å². The van der Waals surface area contributed by atoms with Crippen LogP contribution in [0.15, 0.2) is 12.1 Å². The number of alkyl halides is 3. The van der Waals surface area contributed by atoms with Crippen molar-refractivity contribution < 1.29 is 37.4 Å². The van der Waals surface area contributed by atoms with Gasteiger partial charge < -0.3 is 24.5 Å². The number of hydrogen-bond donors (Lipinski definition) is 1. The molecule has 0 bridgehead atoms. The minimum Gasteiger partial charge on any atom is -0.481 e. The van der Waals surface area contributed by atoms with Gasteiger partial charge in [-0.15, -0.1) is 0 Å². The van der Waals surface area contributed by atoms with E-state index in [1.54, 1.807) is 12.1 Å². The molecule has 0 radical (unpaired) electrons. The smallest absolute Gasteiger partial charge is 0.425 e. The van der Waals surface area contributed by atoms with Crippen LogP contribution in [0.3, 0.4) is 0 Å². The molecule has 1 aromatic rings. The van der Waals surface area contributed by atoms with E-state index in [2.05, 4.69) is 9.72 Å². The molecule has 0 aromatic carbocycles. The molecule has 1 atom stereocenters. The van der Waals surface area contributed by atoms with Crippen molar-refractivity contribution in [2.45, 2.75) is 70.2 Å². The molecule has 204 valence electrons. The van der Waals surface area contributed by atoms with Crippen LogP contribution in [0.4, 0.5) is 23.8 Å². The summed E-state index contributed by atoms with van der Waals surface area (Å²) >= 11 is 0. The Balaban J connectivity index is 1.47. The number of ether oxygens (including phenoxy) is 1. The van der Waals surface area contributed by atoms with Gasteiger partial charge in [-0.3, -0.25) is 9.59 Å². The third-order valence-electron chi connectivity index (χ3n) is 7.92. The van der Waals surface area contributed by atoms with E-state index in [4.69, 9.17) is 0 Å². The van der Waals surface area contributed by atoms with Crippen molar-refractivity contribution in [3.8, 4) is 0 Å². The van der Waals surface area contributed by atoms with Gasteiger partial charge in [0.05, 0.1) is 11.5 Å². The fourth-order valence-corrected chi connectivity index (χ4v) is 5.61. The highest BCUT2D eigenvalue weighted by Crippen LogP contribution is 2.40. The predicted octanol–water partition coefficient (Wildman–Crippen LogP) is 3.85. The van der Waals surface area contributed by atoms with Crippen LogP contribution in [0.5, 0.6) is 0 Å². The molecule has 9 nitrogen and oxygen atoms in total. The average Bonchev–Trinajstić information content (AvgIpc) is 3.26. The summed E-state index contributed by atoms with van der Waals surface area (Å²) in [4.78, 5) is 47.3. The van der Waals surface area contributed by atoms with Crippen LogP contribution < -0.4 is 4.90 Å². The summed E-state index contributed by atoms with van der Waals surface area (Å²) < 4.78 is 43.0. The summed E-state index contributed by atoms with van der Waals surface area (Å²) in [5, 5.41) is 9.32. The van der Waals surface area contributed by atoms with Crippen LogP contribution in [0.1, 0.15) is 61.5 Å². The van der Waals surface area contributed by atoms with E-state index in [0.717, 1.165) is 25.5 Å². The van der Waals surface area contributed by atoms with Gasteiger partial charge >= 0.3 is 18.2 Å². The number of anilines is 1. The maximum absolute atomic E-state index is 13.9. The molecule has 3 aliphatic heterocycles. The summed E-state index contributed by atoms with van der Waals surface area (Å²) in [6.07, 6.45) is -4.40. The highest BCUT2D eigenvalue weighted by Gasteiger charge is 2.48. The van der Waals surface area contributed by atoms with E-state index in [9.17, 15) is 32.7 Å². The van der Waals surface area contributed by atoms with E-state index < -0.39 is 35.8 Å². The number of carbonyl (C=O) groups is 3. The number of piperidine rings is 2. The van der Waals surface area contributed by atoms with E-state index in [1.165, 1.54) is 4.90 Å². The number of halogens is 3. The lowest BCUT2D eigenvalue weighted by Crippen LogP contribution is -2.55. The van der Waals surface area contributed by atoms with Crippen molar-refractivity contribution in [3.05, 3.63) is 23.4 Å². The quantitative estimate of drug-likeness (QED) is 0.636. The highest BCUT2D eigenvalue weighted by atomic mass is 19.4. The number of carboxylic acids is 1. The van der Waals surface area contributed by atoms with Gasteiger partial charge in [0.1, 0.15) is 5.82 Å². The number of carbonyl (C=O) groups excluding carboxylic acids is 2. The predicted molar refractivity (Wildman–Crippen MR) is 127 cm³/mol. The third-order valence-corrected chi connectivity index (χ3v) is 7.92. The Morgan fingerprint density at radius 2 is 1.73 bits per heavy atom. The molecule has 1 aromatic heterocycles. The van der Waals surface area contributed by atoms with Gasteiger partial charge in [-0.2, -0.15) is 13.2 Å². The third kappa shape index (κ3) is 5.62. The van der Waals surface area contributed by atoms with Crippen molar-refractivity contribution in [2.24, 2.45) is 5.92 Å². The second-order valence-corrected chi connectivity index (χ2v) is 10.3. The van der Waals surface area contributed by atoms with Crippen LogP contribution in [0.25, 0.3) is 0 Å². The zero-order valence-electron chi connectivity index (χ0n) is 21.1. The van der Waals surface area contributed by atoms with Gasteiger partial charge in [0.25, 0.3) is 5.91 Å². The molecular formula is C25H33F3N4O5. The Bertz CT molecular complexity index is 1030. The van der Waals surface area contributed by atoms with Crippen molar-refractivity contribution in [3.63, 3.8) is 0 Å². The molecular weight excluding hydrogens is 493 g/mol. The van der Waals surface area contributed by atoms with Crippen LogP contribution in [-0.4, -0.2) is 88.4 Å². The van der Waals surface area contributed by atoms with Crippen molar-refractivity contribution in [2.75, 3.05) is 37.6 Å². The summed E-state index contributed by atoms with van der Waals surface area (Å²) in [5.74, 6) is -0.826. The number of hydrogen-bond acceptors (Lipinski definition) is 6. The Morgan fingerprint density at radius 1 is 1.08 bits per heavy atom. The number of aliphatic carboxylic acids is 1. The maximum Gasteiger partial charge on any atom is 0.425 e. The van der Waals surface area contributed by atoms with Gasteiger partial charge in [-0.05, 0) is 64.5 Å². The summed E-state index contributed by atoms with van der Waals surface area (Å²) in [7, 11) is 0. The van der Waals surface area contributed by atoms with Crippen molar-refractivity contribution >= 4 is 23.8 Å². The first-order valence-electron chi connectivity index (χ1n) is 12.7. The minimum atomic E-state index is -4.62. The standard InChI is InChI=1S/C25H33F3N4O5/c1-16-4-5-19(20(29-16)30-12-6-18(7-13-30)22(34)35)21(33)32-11-3-8-24(32)9-14-31(15-10-24)23(36)37-17(2)25(26,27)28/h4-5,17-18H,3,6-15H2,1-2H3,(H,34,35). The number of pyridine rings is 1. The Kier molecular flexibility index (Phi) is 7.57. The molecule has 37 heavy (non-hydrogen) atoms. The number of aryl methyl sites for hydroxylation is 1. The topological polar surface area (TPSA) is 103 Å². The first-order chi connectivity index (χ1) is 17.4. The normalized spacial score (nSPS) is 21.3. The fraction of sp³-hybridized carbons (Fsp3) is 0.680. The lowest BCUT2D eigenvalue weighted by molar-refractivity contribution is -0.200. The largest absolute Gasteiger partial charge is 0.481 e. The molecule has 3 fully saturated rings. The number of nitrogens with zero attached hydrogens (tertiary/aromatic N) is 4. The number of likely N-dealkylation sites (tertiary alicyclic amines) is 2. The first kappa shape index (κ1) is 27.0. The summed E-state index contributed by atoms with van der Waals surface area (Å²) in [6, 6.07) is 3.55. The molecule has 3 aliphatic rings. The van der Waals surface area contributed by atoms with Gasteiger partial charge in [0, 0.05) is 44.0 Å². The molecule has 1 spiro atoms. The number of amides is 2. The van der Waals surface area contributed by atoms with Gasteiger partial charge in [0.2, 0.25) is 0 Å². The minimum absolute atomic E-state index is 0.165. The number of rotatable bonds is 4. The van der Waals surface area contributed by atoms with Crippen LogP contribution in [0, 0.1) is 12.8 Å². The Morgan fingerprint density at radius 3 is 2.32 bits per heavy atom. The van der Waals surface area contributed by atoms with E-state index in [-0.39, 0.29) is 19.0 Å².